The van der Waals surface area contributed by atoms with Gasteiger partial charge in [0.2, 0.25) is 0 Å². The van der Waals surface area contributed by atoms with E-state index in [0.29, 0.717) is 0 Å². The SMILES string of the molecule is CCOC(=O)CN(C)C(=O)N(CCOC)CC(=O)O. The van der Waals surface area contributed by atoms with Gasteiger partial charge in [0.05, 0.1) is 13.2 Å². The van der Waals surface area contributed by atoms with E-state index in [2.05, 4.69) is 0 Å². The van der Waals surface area contributed by atoms with Crippen LogP contribution in [0.5, 0.6) is 0 Å². The molecule has 0 aromatic carbocycles. The van der Waals surface area contributed by atoms with Crippen LogP contribution in [0.25, 0.3) is 0 Å². The molecule has 0 rings (SSSR count). The summed E-state index contributed by atoms with van der Waals surface area (Å²) in [7, 11) is 2.85. The first kappa shape index (κ1) is 17.2. The maximum absolute atomic E-state index is 11.9. The predicted octanol–water partition coefficient (Wildman–Crippen LogP) is -0.366. The van der Waals surface area contributed by atoms with Gasteiger partial charge in [-0.3, -0.25) is 9.59 Å². The monoisotopic (exact) mass is 276 g/mol. The van der Waals surface area contributed by atoms with Crippen LogP contribution in [0.2, 0.25) is 0 Å². The molecule has 0 radical (unpaired) electrons. The van der Waals surface area contributed by atoms with Crippen LogP contribution in [-0.4, -0.2) is 79.9 Å². The Labute approximate surface area is 111 Å². The third kappa shape index (κ3) is 7.24. The van der Waals surface area contributed by atoms with Gasteiger partial charge in [-0.1, -0.05) is 0 Å². The number of rotatable bonds is 8. The van der Waals surface area contributed by atoms with Gasteiger partial charge in [0, 0.05) is 20.7 Å². The van der Waals surface area contributed by atoms with Gasteiger partial charge >= 0.3 is 18.0 Å². The molecule has 0 fully saturated rings. The van der Waals surface area contributed by atoms with E-state index in [0.717, 1.165) is 9.80 Å². The molecule has 2 amide bonds. The van der Waals surface area contributed by atoms with Crippen molar-refractivity contribution in [1.82, 2.24) is 9.80 Å². The molecule has 19 heavy (non-hydrogen) atoms. The molecule has 0 saturated heterocycles. The molecule has 8 heteroatoms. The number of hydrogen-bond acceptors (Lipinski definition) is 5. The van der Waals surface area contributed by atoms with E-state index in [4.69, 9.17) is 14.6 Å². The van der Waals surface area contributed by atoms with Crippen molar-refractivity contribution in [2.24, 2.45) is 0 Å². The molecule has 0 bridgehead atoms. The van der Waals surface area contributed by atoms with E-state index < -0.39 is 24.5 Å². The highest BCUT2D eigenvalue weighted by Crippen LogP contribution is 1.98. The largest absolute Gasteiger partial charge is 0.480 e. The van der Waals surface area contributed by atoms with Crippen molar-refractivity contribution in [1.29, 1.82) is 0 Å². The van der Waals surface area contributed by atoms with E-state index in [1.54, 1.807) is 6.92 Å². The molecule has 0 spiro atoms. The second-order valence-corrected chi connectivity index (χ2v) is 3.75. The second kappa shape index (κ2) is 9.15. The normalized spacial score (nSPS) is 9.84. The Kier molecular flexibility index (Phi) is 8.27. The summed E-state index contributed by atoms with van der Waals surface area (Å²) in [5.74, 6) is -1.67. The Hall–Kier alpha value is -1.83. The van der Waals surface area contributed by atoms with E-state index in [1.165, 1.54) is 14.2 Å². The summed E-state index contributed by atoms with van der Waals surface area (Å²) in [6, 6.07) is -0.562. The summed E-state index contributed by atoms with van der Waals surface area (Å²) >= 11 is 0. The molecule has 0 heterocycles. The van der Waals surface area contributed by atoms with Crippen LogP contribution >= 0.6 is 0 Å². The van der Waals surface area contributed by atoms with Crippen LogP contribution < -0.4 is 0 Å². The summed E-state index contributed by atoms with van der Waals surface area (Å²) in [6.07, 6.45) is 0. The lowest BCUT2D eigenvalue weighted by Crippen LogP contribution is -2.46. The topological polar surface area (TPSA) is 96.4 Å². The highest BCUT2D eigenvalue weighted by atomic mass is 16.5. The van der Waals surface area contributed by atoms with Gasteiger partial charge in [-0.15, -0.1) is 0 Å². The van der Waals surface area contributed by atoms with Gasteiger partial charge in [-0.2, -0.15) is 0 Å². The van der Waals surface area contributed by atoms with Gasteiger partial charge < -0.3 is 24.4 Å². The van der Waals surface area contributed by atoms with Crippen molar-refractivity contribution in [2.75, 3.05) is 47.0 Å². The molecule has 8 nitrogen and oxygen atoms in total. The Morgan fingerprint density at radius 2 is 1.84 bits per heavy atom. The molecular weight excluding hydrogens is 256 g/mol. The number of urea groups is 1. The number of carbonyl (C=O) groups is 3. The van der Waals surface area contributed by atoms with Crippen molar-refractivity contribution in [2.45, 2.75) is 6.92 Å². The van der Waals surface area contributed by atoms with Crippen LogP contribution in [0.4, 0.5) is 4.79 Å². The summed E-state index contributed by atoms with van der Waals surface area (Å²) in [5.41, 5.74) is 0. The molecule has 0 aliphatic carbocycles. The van der Waals surface area contributed by atoms with Gasteiger partial charge in [0.25, 0.3) is 0 Å². The maximum atomic E-state index is 11.9. The van der Waals surface area contributed by atoms with Crippen LogP contribution in [0, 0.1) is 0 Å². The van der Waals surface area contributed by atoms with Crippen molar-refractivity contribution in [3.8, 4) is 0 Å². The van der Waals surface area contributed by atoms with Crippen molar-refractivity contribution in [3.05, 3.63) is 0 Å². The minimum Gasteiger partial charge on any atom is -0.480 e. The summed E-state index contributed by atoms with van der Waals surface area (Å²) in [4.78, 5) is 36.1. The lowest BCUT2D eigenvalue weighted by atomic mass is 10.4. The molecule has 0 saturated carbocycles. The van der Waals surface area contributed by atoms with Crippen molar-refractivity contribution < 1.29 is 29.0 Å². The number of aliphatic carboxylic acids is 1. The molecule has 0 aliphatic rings. The van der Waals surface area contributed by atoms with Gasteiger partial charge in [-0.05, 0) is 6.92 Å². The molecular formula is C11H20N2O6. The smallest absolute Gasteiger partial charge is 0.325 e. The number of likely N-dealkylation sites (N-methyl/N-ethyl adjacent to an activating group) is 1. The summed E-state index contributed by atoms with van der Waals surface area (Å²) in [5, 5.41) is 8.74. The van der Waals surface area contributed by atoms with E-state index in [9.17, 15) is 14.4 Å². The predicted molar refractivity (Wildman–Crippen MR) is 65.7 cm³/mol. The number of carboxylic acids is 1. The van der Waals surface area contributed by atoms with Gasteiger partial charge in [0.1, 0.15) is 13.1 Å². The van der Waals surface area contributed by atoms with E-state index in [1.807, 2.05) is 0 Å². The number of methoxy groups -OCH3 is 1. The zero-order valence-corrected chi connectivity index (χ0v) is 11.4. The number of amides is 2. The minimum absolute atomic E-state index is 0.134. The summed E-state index contributed by atoms with van der Waals surface area (Å²) < 4.78 is 9.52. The second-order valence-electron chi connectivity index (χ2n) is 3.75. The zero-order chi connectivity index (χ0) is 14.8. The number of ether oxygens (including phenoxy) is 2. The number of carboxylic acid groups (broad SMARTS) is 1. The van der Waals surface area contributed by atoms with E-state index >= 15 is 0 Å². The average molecular weight is 276 g/mol. The first-order valence-corrected chi connectivity index (χ1v) is 5.78. The minimum atomic E-state index is -1.13. The van der Waals surface area contributed by atoms with Crippen LogP contribution in [0.3, 0.4) is 0 Å². The average Bonchev–Trinajstić information content (AvgIpc) is 2.33. The maximum Gasteiger partial charge on any atom is 0.325 e. The Morgan fingerprint density at radius 1 is 1.21 bits per heavy atom. The highest BCUT2D eigenvalue weighted by molar-refractivity contribution is 5.83. The number of hydrogen-bond donors (Lipinski definition) is 1. The molecule has 0 aromatic rings. The van der Waals surface area contributed by atoms with Gasteiger partial charge in [-0.25, -0.2) is 4.79 Å². The summed E-state index contributed by atoms with van der Waals surface area (Å²) in [6.45, 7) is 1.56. The fraction of sp³-hybridized carbons (Fsp3) is 0.727. The Morgan fingerprint density at radius 3 is 2.32 bits per heavy atom. The molecule has 0 atom stereocenters. The lowest BCUT2D eigenvalue weighted by molar-refractivity contribution is -0.143. The lowest BCUT2D eigenvalue weighted by Gasteiger charge is -2.26. The number of carbonyl (C=O) groups excluding carboxylic acids is 2. The third-order valence-corrected chi connectivity index (χ3v) is 2.16. The fourth-order valence-electron chi connectivity index (χ4n) is 1.32. The zero-order valence-electron chi connectivity index (χ0n) is 11.4. The van der Waals surface area contributed by atoms with Crippen LogP contribution in [-0.2, 0) is 19.1 Å². The van der Waals surface area contributed by atoms with Crippen LogP contribution in [0.1, 0.15) is 6.92 Å². The number of esters is 1. The quantitative estimate of drug-likeness (QED) is 0.608. The Balaban J connectivity index is 4.49. The van der Waals surface area contributed by atoms with Gasteiger partial charge in [0.15, 0.2) is 0 Å². The Bertz CT molecular complexity index is 320. The standard InChI is InChI=1S/C11H20N2O6/c1-4-19-10(16)8-12(2)11(17)13(5-6-18-3)7-9(14)15/h4-8H2,1-3H3,(H,14,15). The fourth-order valence-corrected chi connectivity index (χ4v) is 1.32. The van der Waals surface area contributed by atoms with Crippen molar-refractivity contribution >= 4 is 18.0 Å². The first-order valence-electron chi connectivity index (χ1n) is 5.78. The van der Waals surface area contributed by atoms with Crippen LogP contribution in [0.15, 0.2) is 0 Å². The molecule has 1 N–H and O–H groups in total. The third-order valence-electron chi connectivity index (χ3n) is 2.16. The van der Waals surface area contributed by atoms with E-state index in [-0.39, 0.29) is 26.3 Å². The first-order chi connectivity index (χ1) is 8.92. The molecule has 0 aromatic heterocycles. The molecule has 110 valence electrons. The molecule has 0 unspecified atom stereocenters. The molecule has 0 aliphatic heterocycles. The van der Waals surface area contributed by atoms with Crippen molar-refractivity contribution in [3.63, 3.8) is 0 Å². The highest BCUT2D eigenvalue weighted by Gasteiger charge is 2.22. The number of nitrogens with zero attached hydrogens (tertiary/aromatic N) is 2.